The number of hydrogen-bond donors (Lipinski definition) is 0. The second-order valence-electron chi connectivity index (χ2n) is 5.92. The van der Waals surface area contributed by atoms with E-state index in [1.807, 2.05) is 22.7 Å². The Labute approximate surface area is 147 Å². The summed E-state index contributed by atoms with van der Waals surface area (Å²) in [5.74, 6) is 0. The van der Waals surface area contributed by atoms with Crippen LogP contribution < -0.4 is 3.97 Å². The van der Waals surface area contributed by atoms with Gasteiger partial charge in [-0.2, -0.15) is 0 Å². The highest BCUT2D eigenvalue weighted by Crippen LogP contribution is 2.49. The number of thiophene rings is 2. The lowest BCUT2D eigenvalue weighted by Crippen LogP contribution is -2.26. The summed E-state index contributed by atoms with van der Waals surface area (Å²) in [6, 6.07) is 11.2. The Bertz CT molecular complexity index is 1100. The highest BCUT2D eigenvalue weighted by Gasteiger charge is 2.26. The molecule has 0 saturated heterocycles. The van der Waals surface area contributed by atoms with E-state index in [4.69, 9.17) is 4.72 Å². The second kappa shape index (κ2) is 4.72. The van der Waals surface area contributed by atoms with Crippen LogP contribution in [-0.4, -0.2) is 0 Å². The van der Waals surface area contributed by atoms with Crippen molar-refractivity contribution in [2.45, 2.75) is 20.8 Å². The molecule has 0 spiro atoms. The van der Waals surface area contributed by atoms with Crippen molar-refractivity contribution in [1.29, 1.82) is 0 Å². The van der Waals surface area contributed by atoms with E-state index in [0.29, 0.717) is 0 Å². The summed E-state index contributed by atoms with van der Waals surface area (Å²) < 4.78 is 8.49. The van der Waals surface area contributed by atoms with Crippen LogP contribution in [0.25, 0.3) is 36.2 Å². The third-order valence-corrected chi connectivity index (χ3v) is 7.37. The summed E-state index contributed by atoms with van der Waals surface area (Å²) in [5, 5.41) is 2.68. The highest BCUT2D eigenvalue weighted by atomic mass is 32.2. The third kappa shape index (κ3) is 1.84. The lowest BCUT2D eigenvalue weighted by atomic mass is 10.1. The van der Waals surface area contributed by atoms with Crippen LogP contribution in [0.5, 0.6) is 0 Å². The molecule has 4 aromatic rings. The van der Waals surface area contributed by atoms with Gasteiger partial charge in [-0.25, -0.2) is 0 Å². The van der Waals surface area contributed by atoms with E-state index in [1.165, 1.54) is 46.9 Å². The standard InChI is InChI=1S/C18H14N2S3/c1-9-4-7-15(21-9)12-5-6-13-17-16(12)19-23-20(17)11(3)14-8-10(2)22-18(13)14/h4-8H,1-3H3. The van der Waals surface area contributed by atoms with Crippen LogP contribution in [-0.2, 0) is 0 Å². The van der Waals surface area contributed by atoms with Gasteiger partial charge in [0.2, 0.25) is 5.52 Å². The molecule has 3 aromatic heterocycles. The lowest BCUT2D eigenvalue weighted by Gasteiger charge is -2.11. The summed E-state index contributed by atoms with van der Waals surface area (Å²) in [6.07, 6.45) is 0. The van der Waals surface area contributed by atoms with Crippen molar-refractivity contribution >= 4 is 61.5 Å². The summed E-state index contributed by atoms with van der Waals surface area (Å²) in [5.41, 5.74) is 4.95. The SMILES string of the molecule is Cc1ccc(-c2ccc3c4sc(C)cc4c(C)[n+]4c3c2[N-]S4)s1. The topological polar surface area (TPSA) is 18.0 Å². The molecule has 0 amide bonds. The molecule has 5 heteroatoms. The number of nitrogens with zero attached hydrogens (tertiary/aromatic N) is 2. The molecule has 0 N–H and O–H groups in total. The van der Waals surface area contributed by atoms with Crippen LogP contribution in [0.1, 0.15) is 15.4 Å². The van der Waals surface area contributed by atoms with Crippen molar-refractivity contribution in [3.8, 4) is 10.4 Å². The number of benzene rings is 1. The molecule has 114 valence electrons. The Morgan fingerprint density at radius 1 is 0.913 bits per heavy atom. The first-order valence-electron chi connectivity index (χ1n) is 7.50. The summed E-state index contributed by atoms with van der Waals surface area (Å²) in [6.45, 7) is 6.55. The van der Waals surface area contributed by atoms with E-state index in [-0.39, 0.29) is 0 Å². The highest BCUT2D eigenvalue weighted by molar-refractivity contribution is 7.96. The van der Waals surface area contributed by atoms with E-state index in [0.717, 1.165) is 5.69 Å². The number of aryl methyl sites for hydroxylation is 3. The quantitative estimate of drug-likeness (QED) is 0.285. The molecule has 4 heterocycles. The zero-order valence-corrected chi connectivity index (χ0v) is 15.5. The van der Waals surface area contributed by atoms with Crippen molar-refractivity contribution < 1.29 is 3.97 Å². The van der Waals surface area contributed by atoms with Crippen LogP contribution in [0.3, 0.4) is 0 Å². The zero-order chi connectivity index (χ0) is 15.7. The lowest BCUT2D eigenvalue weighted by molar-refractivity contribution is -0.466. The van der Waals surface area contributed by atoms with Gasteiger partial charge in [0.1, 0.15) is 0 Å². The van der Waals surface area contributed by atoms with Crippen LogP contribution in [0, 0.1) is 20.8 Å². The van der Waals surface area contributed by atoms with Crippen LogP contribution >= 0.6 is 34.8 Å². The first-order chi connectivity index (χ1) is 11.1. The van der Waals surface area contributed by atoms with Crippen molar-refractivity contribution in [2.24, 2.45) is 0 Å². The molecule has 0 bridgehead atoms. The van der Waals surface area contributed by atoms with Gasteiger partial charge < -0.3 is 4.72 Å². The van der Waals surface area contributed by atoms with E-state index in [1.54, 1.807) is 12.1 Å². The predicted molar refractivity (Wildman–Crippen MR) is 103 cm³/mol. The molecule has 0 radical (unpaired) electrons. The van der Waals surface area contributed by atoms with Crippen LogP contribution in [0.2, 0.25) is 0 Å². The van der Waals surface area contributed by atoms with Gasteiger partial charge in [0.15, 0.2) is 5.69 Å². The number of hydrogen-bond acceptors (Lipinski definition) is 3. The molecule has 0 atom stereocenters. The maximum absolute atomic E-state index is 4.81. The molecule has 1 aromatic carbocycles. The molecule has 0 saturated carbocycles. The Morgan fingerprint density at radius 3 is 2.57 bits per heavy atom. The third-order valence-electron chi connectivity index (χ3n) is 4.37. The molecule has 0 fully saturated rings. The normalized spacial score (nSPS) is 13.2. The van der Waals surface area contributed by atoms with Gasteiger partial charge in [-0.15, -0.1) is 26.6 Å². The Kier molecular flexibility index (Phi) is 2.84. The molecular formula is C18H14N2S3. The van der Waals surface area contributed by atoms with Gasteiger partial charge in [0.25, 0.3) is 0 Å². The fourth-order valence-electron chi connectivity index (χ4n) is 3.28. The van der Waals surface area contributed by atoms with Crippen molar-refractivity contribution in [2.75, 3.05) is 0 Å². The minimum atomic E-state index is 1.13. The Hall–Kier alpha value is -1.56. The van der Waals surface area contributed by atoms with Crippen molar-refractivity contribution in [3.05, 3.63) is 50.5 Å². The fourth-order valence-corrected chi connectivity index (χ4v) is 6.10. The molecule has 1 aliphatic rings. The zero-order valence-electron chi connectivity index (χ0n) is 13.0. The van der Waals surface area contributed by atoms with Gasteiger partial charge >= 0.3 is 0 Å². The molecule has 2 nitrogen and oxygen atoms in total. The largest absolute Gasteiger partial charge is 0.564 e. The van der Waals surface area contributed by atoms with E-state index in [9.17, 15) is 0 Å². The van der Waals surface area contributed by atoms with Crippen LogP contribution in [0.4, 0.5) is 5.69 Å². The predicted octanol–water partition coefficient (Wildman–Crippen LogP) is 6.43. The number of fused-ring (bicyclic) bond motifs is 2. The Balaban J connectivity index is 1.94. The molecule has 5 rings (SSSR count). The van der Waals surface area contributed by atoms with Crippen LogP contribution in [0.15, 0.2) is 30.3 Å². The molecule has 0 unspecified atom stereocenters. The summed E-state index contributed by atoms with van der Waals surface area (Å²) in [4.78, 5) is 4.01. The summed E-state index contributed by atoms with van der Waals surface area (Å²) >= 11 is 5.29. The van der Waals surface area contributed by atoms with E-state index >= 15 is 0 Å². The number of aromatic nitrogens is 1. The number of rotatable bonds is 1. The minimum Gasteiger partial charge on any atom is -0.564 e. The maximum Gasteiger partial charge on any atom is 0.213 e. The average molecular weight is 355 g/mol. The molecule has 23 heavy (non-hydrogen) atoms. The van der Waals surface area contributed by atoms with Gasteiger partial charge in [0, 0.05) is 21.6 Å². The molecular weight excluding hydrogens is 340 g/mol. The first-order valence-corrected chi connectivity index (χ1v) is 9.86. The monoisotopic (exact) mass is 354 g/mol. The molecule has 1 aliphatic heterocycles. The second-order valence-corrected chi connectivity index (χ2v) is 9.18. The van der Waals surface area contributed by atoms with Gasteiger partial charge in [0.05, 0.1) is 27.6 Å². The van der Waals surface area contributed by atoms with Gasteiger partial charge in [-0.05, 0) is 49.4 Å². The Morgan fingerprint density at radius 2 is 1.78 bits per heavy atom. The summed E-state index contributed by atoms with van der Waals surface area (Å²) in [7, 11) is 0. The van der Waals surface area contributed by atoms with Gasteiger partial charge in [-0.3, -0.25) is 0 Å². The fraction of sp³-hybridized carbons (Fsp3) is 0.167. The smallest absolute Gasteiger partial charge is 0.213 e. The van der Waals surface area contributed by atoms with Gasteiger partial charge in [-0.1, -0.05) is 6.07 Å². The number of pyridine rings is 1. The van der Waals surface area contributed by atoms with Crippen molar-refractivity contribution in [1.82, 2.24) is 0 Å². The van der Waals surface area contributed by atoms with E-state index in [2.05, 4.69) is 55.1 Å². The average Bonchev–Trinajstić information content (AvgIpc) is 3.23. The molecule has 0 aliphatic carbocycles. The first kappa shape index (κ1) is 13.8. The van der Waals surface area contributed by atoms with Crippen molar-refractivity contribution in [3.63, 3.8) is 0 Å². The maximum atomic E-state index is 4.81. The minimum absolute atomic E-state index is 1.13. The van der Waals surface area contributed by atoms with E-state index < -0.39 is 0 Å².